The topological polar surface area (TPSA) is 121 Å². The molecule has 0 fully saturated rings. The summed E-state index contributed by atoms with van der Waals surface area (Å²) in [6, 6.07) is 9.72. The summed E-state index contributed by atoms with van der Waals surface area (Å²) in [6.45, 7) is 3.51. The van der Waals surface area contributed by atoms with Crippen LogP contribution in [0.4, 0.5) is 4.39 Å². The maximum absolute atomic E-state index is 13.3. The molecule has 1 aromatic heterocycles. The largest absolute Gasteiger partial charge is 0.478 e. The van der Waals surface area contributed by atoms with E-state index in [0.29, 0.717) is 11.1 Å². The van der Waals surface area contributed by atoms with Gasteiger partial charge in [0.15, 0.2) is 0 Å². The van der Waals surface area contributed by atoms with Crippen LogP contribution >= 0.6 is 11.6 Å². The van der Waals surface area contributed by atoms with Gasteiger partial charge in [-0.2, -0.15) is 0 Å². The molecule has 3 aromatic rings. The summed E-state index contributed by atoms with van der Waals surface area (Å²) in [6.07, 6.45) is 1.11. The molecule has 8 nitrogen and oxygen atoms in total. The summed E-state index contributed by atoms with van der Waals surface area (Å²) in [5, 5.41) is 14.5. The molecule has 0 aliphatic carbocycles. The van der Waals surface area contributed by atoms with Crippen molar-refractivity contribution in [1.82, 2.24) is 20.6 Å². The van der Waals surface area contributed by atoms with Gasteiger partial charge in [-0.15, -0.1) is 0 Å². The molecule has 3 rings (SSSR count). The van der Waals surface area contributed by atoms with E-state index in [1.807, 2.05) is 0 Å². The fourth-order valence-electron chi connectivity index (χ4n) is 3.08. The molecule has 0 saturated heterocycles. The van der Waals surface area contributed by atoms with Crippen molar-refractivity contribution in [3.8, 4) is 0 Å². The van der Waals surface area contributed by atoms with E-state index in [1.165, 1.54) is 30.3 Å². The van der Waals surface area contributed by atoms with Crippen LogP contribution < -0.4 is 10.6 Å². The maximum Gasteiger partial charge on any atom is 0.335 e. The van der Waals surface area contributed by atoms with Gasteiger partial charge < -0.3 is 15.7 Å². The molecule has 0 unspecified atom stereocenters. The number of aromatic carboxylic acids is 1. The number of aryl methyl sites for hydroxylation is 1. The number of hydrogen-bond acceptors (Lipinski definition) is 5. The Morgan fingerprint density at radius 1 is 1.06 bits per heavy atom. The van der Waals surface area contributed by atoms with Crippen molar-refractivity contribution in [2.24, 2.45) is 0 Å². The molecule has 0 aliphatic heterocycles. The minimum Gasteiger partial charge on any atom is -0.478 e. The van der Waals surface area contributed by atoms with Crippen LogP contribution in [-0.2, 0) is 6.54 Å². The number of rotatable bonds is 7. The third-order valence-electron chi connectivity index (χ3n) is 4.90. The van der Waals surface area contributed by atoms with E-state index in [9.17, 15) is 18.8 Å². The Kier molecular flexibility index (Phi) is 7.34. The molecule has 3 N–H and O–H groups in total. The summed E-state index contributed by atoms with van der Waals surface area (Å²) >= 11 is 5.74. The van der Waals surface area contributed by atoms with Gasteiger partial charge in [0, 0.05) is 12.6 Å². The second kappa shape index (κ2) is 10.2. The SMILES string of the molecule is Cc1cc([C@H](C)NC(=O)c2cc(C(=O)NCc3ccc(F)c(Cl)c3)ncn2)ccc1C(=O)O. The van der Waals surface area contributed by atoms with Gasteiger partial charge in [0.25, 0.3) is 11.8 Å². The number of nitrogens with one attached hydrogen (secondary N) is 2. The summed E-state index contributed by atoms with van der Waals surface area (Å²) in [5.74, 6) is -2.64. The summed E-state index contributed by atoms with van der Waals surface area (Å²) in [4.78, 5) is 44.0. The highest BCUT2D eigenvalue weighted by molar-refractivity contribution is 6.30. The van der Waals surface area contributed by atoms with E-state index in [0.717, 1.165) is 11.9 Å². The first-order chi connectivity index (χ1) is 15.7. The molecule has 1 atom stereocenters. The van der Waals surface area contributed by atoms with Crippen LogP contribution in [0.2, 0.25) is 5.02 Å². The van der Waals surface area contributed by atoms with Gasteiger partial charge in [0.05, 0.1) is 16.6 Å². The summed E-state index contributed by atoms with van der Waals surface area (Å²) < 4.78 is 13.3. The molecule has 0 radical (unpaired) electrons. The van der Waals surface area contributed by atoms with E-state index in [1.54, 1.807) is 26.0 Å². The number of carbonyl (C=O) groups excluding carboxylic acids is 2. The van der Waals surface area contributed by atoms with E-state index in [4.69, 9.17) is 16.7 Å². The number of aromatic nitrogens is 2. The zero-order valence-electron chi connectivity index (χ0n) is 17.7. The number of carbonyl (C=O) groups is 3. The second-order valence-electron chi connectivity index (χ2n) is 7.29. The van der Waals surface area contributed by atoms with Crippen molar-refractivity contribution in [1.29, 1.82) is 0 Å². The number of nitrogens with zero attached hydrogens (tertiary/aromatic N) is 2. The predicted molar refractivity (Wildman–Crippen MR) is 119 cm³/mol. The molecule has 0 bridgehead atoms. The lowest BCUT2D eigenvalue weighted by atomic mass is 10.0. The lowest BCUT2D eigenvalue weighted by molar-refractivity contribution is 0.0695. The van der Waals surface area contributed by atoms with Gasteiger partial charge >= 0.3 is 5.97 Å². The van der Waals surface area contributed by atoms with Gasteiger partial charge in [-0.3, -0.25) is 9.59 Å². The van der Waals surface area contributed by atoms with Crippen LogP contribution in [0, 0.1) is 12.7 Å². The number of benzene rings is 2. The van der Waals surface area contributed by atoms with Crippen LogP contribution in [0.1, 0.15) is 61.0 Å². The molecular weight excluding hydrogens is 451 g/mol. The molecule has 10 heteroatoms. The normalized spacial score (nSPS) is 11.5. The van der Waals surface area contributed by atoms with Crippen molar-refractivity contribution in [3.63, 3.8) is 0 Å². The zero-order valence-corrected chi connectivity index (χ0v) is 18.5. The van der Waals surface area contributed by atoms with Gasteiger partial charge in [0.2, 0.25) is 0 Å². The highest BCUT2D eigenvalue weighted by Gasteiger charge is 2.17. The Labute approximate surface area is 193 Å². The Balaban J connectivity index is 1.66. The molecular formula is C23H20ClFN4O4. The Hall–Kier alpha value is -3.85. The highest BCUT2D eigenvalue weighted by Crippen LogP contribution is 2.18. The van der Waals surface area contributed by atoms with E-state index in [-0.39, 0.29) is 28.5 Å². The van der Waals surface area contributed by atoms with Crippen LogP contribution in [0.15, 0.2) is 48.8 Å². The summed E-state index contributed by atoms with van der Waals surface area (Å²) in [5.41, 5.74) is 2.05. The Bertz CT molecular complexity index is 1230. The first kappa shape index (κ1) is 23.8. The van der Waals surface area contributed by atoms with Crippen LogP contribution in [0.5, 0.6) is 0 Å². The third-order valence-corrected chi connectivity index (χ3v) is 5.19. The number of amides is 2. The molecule has 0 aliphatic rings. The van der Waals surface area contributed by atoms with E-state index >= 15 is 0 Å². The van der Waals surface area contributed by atoms with Gasteiger partial charge in [0.1, 0.15) is 23.5 Å². The van der Waals surface area contributed by atoms with Crippen molar-refractivity contribution in [2.45, 2.75) is 26.4 Å². The van der Waals surface area contributed by atoms with Crippen molar-refractivity contribution < 1.29 is 23.9 Å². The summed E-state index contributed by atoms with van der Waals surface area (Å²) in [7, 11) is 0. The molecule has 170 valence electrons. The first-order valence-corrected chi connectivity index (χ1v) is 10.2. The fourth-order valence-corrected chi connectivity index (χ4v) is 3.28. The van der Waals surface area contributed by atoms with Crippen molar-refractivity contribution in [2.75, 3.05) is 0 Å². The van der Waals surface area contributed by atoms with E-state index in [2.05, 4.69) is 20.6 Å². The smallest absolute Gasteiger partial charge is 0.335 e. The third kappa shape index (κ3) is 5.89. The van der Waals surface area contributed by atoms with E-state index < -0.39 is 29.6 Å². The zero-order chi connectivity index (χ0) is 24.1. The van der Waals surface area contributed by atoms with Crippen LogP contribution in [0.3, 0.4) is 0 Å². The molecule has 2 aromatic carbocycles. The monoisotopic (exact) mass is 470 g/mol. The lowest BCUT2D eigenvalue weighted by Gasteiger charge is -2.15. The van der Waals surface area contributed by atoms with Crippen LogP contribution in [0.25, 0.3) is 0 Å². The number of carboxylic acid groups (broad SMARTS) is 1. The van der Waals surface area contributed by atoms with Crippen molar-refractivity contribution >= 4 is 29.4 Å². The standard InChI is InChI=1S/C23H20ClFN4O4/c1-12-7-15(4-5-16(12)23(32)33)13(2)29-22(31)20-9-19(27-11-28-20)21(30)26-10-14-3-6-18(25)17(24)8-14/h3-9,11,13H,10H2,1-2H3,(H,26,30)(H,29,31)(H,32,33)/t13-/m0/s1. The lowest BCUT2D eigenvalue weighted by Crippen LogP contribution is -2.29. The average Bonchev–Trinajstić information content (AvgIpc) is 2.79. The molecule has 2 amide bonds. The first-order valence-electron chi connectivity index (χ1n) is 9.84. The molecule has 0 saturated carbocycles. The fraction of sp³-hybridized carbons (Fsp3) is 0.174. The number of carboxylic acids is 1. The van der Waals surface area contributed by atoms with Gasteiger partial charge in [-0.05, 0) is 48.7 Å². The average molecular weight is 471 g/mol. The Morgan fingerprint density at radius 2 is 1.76 bits per heavy atom. The highest BCUT2D eigenvalue weighted by atomic mass is 35.5. The maximum atomic E-state index is 13.3. The number of hydrogen-bond donors (Lipinski definition) is 3. The van der Waals surface area contributed by atoms with Gasteiger partial charge in [-0.25, -0.2) is 19.2 Å². The number of halogens is 2. The van der Waals surface area contributed by atoms with Crippen LogP contribution in [-0.4, -0.2) is 32.9 Å². The molecule has 0 spiro atoms. The minimum atomic E-state index is -1.02. The van der Waals surface area contributed by atoms with Crippen molar-refractivity contribution in [3.05, 3.63) is 93.3 Å². The quantitative estimate of drug-likeness (QED) is 0.484. The predicted octanol–water partition coefficient (Wildman–Crippen LogP) is 3.70. The molecule has 33 heavy (non-hydrogen) atoms. The molecule has 1 heterocycles. The Morgan fingerprint density at radius 3 is 2.39 bits per heavy atom. The minimum absolute atomic E-state index is 0.00861. The van der Waals surface area contributed by atoms with Gasteiger partial charge in [-0.1, -0.05) is 29.8 Å². The second-order valence-corrected chi connectivity index (χ2v) is 7.70.